The maximum atomic E-state index is 8.95. The van der Waals surface area contributed by atoms with E-state index in [-0.39, 0.29) is 0 Å². The van der Waals surface area contributed by atoms with Crippen LogP contribution in [0.4, 0.5) is 0 Å². The standard InChI is InChI=1S/C15H19N5O/c1-11(2)8-17-9-13-10-18-19-20(13)14-5-4-12(7-16)6-15(14)21-3/h4-6,10-11,17H,8-9H2,1-3H3. The summed E-state index contributed by atoms with van der Waals surface area (Å²) in [5.74, 6) is 1.18. The Morgan fingerprint density at radius 2 is 2.24 bits per heavy atom. The minimum atomic E-state index is 0.551. The fourth-order valence-electron chi connectivity index (χ4n) is 1.99. The van der Waals surface area contributed by atoms with E-state index >= 15 is 0 Å². The maximum absolute atomic E-state index is 8.95. The van der Waals surface area contributed by atoms with Gasteiger partial charge < -0.3 is 10.1 Å². The second-order valence-electron chi connectivity index (χ2n) is 5.16. The van der Waals surface area contributed by atoms with E-state index < -0.39 is 0 Å². The van der Waals surface area contributed by atoms with Crippen LogP contribution in [0.25, 0.3) is 5.69 Å². The number of hydrogen-bond acceptors (Lipinski definition) is 5. The second-order valence-corrected chi connectivity index (χ2v) is 5.16. The summed E-state index contributed by atoms with van der Waals surface area (Å²) < 4.78 is 7.08. The number of methoxy groups -OCH3 is 1. The molecule has 2 aromatic rings. The van der Waals surface area contributed by atoms with Gasteiger partial charge in [0, 0.05) is 12.6 Å². The van der Waals surface area contributed by atoms with Gasteiger partial charge in [0.15, 0.2) is 0 Å². The van der Waals surface area contributed by atoms with Crippen LogP contribution in [0, 0.1) is 17.2 Å². The van der Waals surface area contributed by atoms with Gasteiger partial charge in [0.2, 0.25) is 0 Å². The van der Waals surface area contributed by atoms with E-state index in [1.807, 2.05) is 6.07 Å². The molecular formula is C15H19N5O. The Labute approximate surface area is 124 Å². The van der Waals surface area contributed by atoms with Crippen molar-refractivity contribution in [3.8, 4) is 17.5 Å². The second kappa shape index (κ2) is 6.86. The van der Waals surface area contributed by atoms with Gasteiger partial charge in [0.05, 0.1) is 30.6 Å². The molecule has 1 aromatic heterocycles. The number of hydrogen-bond donors (Lipinski definition) is 1. The Morgan fingerprint density at radius 1 is 1.43 bits per heavy atom. The van der Waals surface area contributed by atoms with Crippen molar-refractivity contribution in [2.24, 2.45) is 5.92 Å². The first-order chi connectivity index (χ1) is 10.2. The summed E-state index contributed by atoms with van der Waals surface area (Å²) in [6.45, 7) is 5.92. The van der Waals surface area contributed by atoms with Crippen LogP contribution in [0.5, 0.6) is 5.75 Å². The monoisotopic (exact) mass is 285 g/mol. The van der Waals surface area contributed by atoms with Gasteiger partial charge in [-0.25, -0.2) is 4.68 Å². The molecule has 0 aliphatic heterocycles. The van der Waals surface area contributed by atoms with Crippen LogP contribution < -0.4 is 10.1 Å². The predicted molar refractivity (Wildman–Crippen MR) is 79.2 cm³/mol. The lowest BCUT2D eigenvalue weighted by molar-refractivity contribution is 0.410. The van der Waals surface area contributed by atoms with Gasteiger partial charge >= 0.3 is 0 Å². The fourth-order valence-corrected chi connectivity index (χ4v) is 1.99. The van der Waals surface area contributed by atoms with Crippen molar-refractivity contribution in [3.63, 3.8) is 0 Å². The third kappa shape index (κ3) is 3.58. The number of benzene rings is 1. The highest BCUT2D eigenvalue weighted by Crippen LogP contribution is 2.24. The molecule has 0 fully saturated rings. The number of nitriles is 1. The van der Waals surface area contributed by atoms with Crippen molar-refractivity contribution in [1.82, 2.24) is 20.3 Å². The van der Waals surface area contributed by atoms with Gasteiger partial charge in [0.1, 0.15) is 11.4 Å². The smallest absolute Gasteiger partial charge is 0.145 e. The van der Waals surface area contributed by atoms with Crippen LogP contribution in [0.1, 0.15) is 25.1 Å². The number of nitrogens with one attached hydrogen (secondary N) is 1. The van der Waals surface area contributed by atoms with Gasteiger partial charge in [-0.3, -0.25) is 0 Å². The van der Waals surface area contributed by atoms with Gasteiger partial charge in [-0.15, -0.1) is 5.10 Å². The van der Waals surface area contributed by atoms with E-state index in [4.69, 9.17) is 10.00 Å². The Kier molecular flexibility index (Phi) is 4.90. The minimum absolute atomic E-state index is 0.551. The van der Waals surface area contributed by atoms with Crippen molar-refractivity contribution in [2.45, 2.75) is 20.4 Å². The average molecular weight is 285 g/mol. The van der Waals surface area contributed by atoms with Crippen LogP contribution in [-0.4, -0.2) is 28.6 Å². The summed E-state index contributed by atoms with van der Waals surface area (Å²) in [7, 11) is 1.58. The third-order valence-electron chi connectivity index (χ3n) is 3.02. The van der Waals surface area contributed by atoms with Crippen LogP contribution in [0.15, 0.2) is 24.4 Å². The molecule has 6 heteroatoms. The topological polar surface area (TPSA) is 75.8 Å². The van der Waals surface area contributed by atoms with Crippen molar-refractivity contribution in [3.05, 3.63) is 35.7 Å². The zero-order valence-electron chi connectivity index (χ0n) is 12.5. The average Bonchev–Trinajstić information content (AvgIpc) is 2.94. The quantitative estimate of drug-likeness (QED) is 0.877. The van der Waals surface area contributed by atoms with Crippen LogP contribution in [0.3, 0.4) is 0 Å². The van der Waals surface area contributed by atoms with E-state index in [0.717, 1.165) is 17.9 Å². The molecule has 0 aliphatic rings. The molecule has 0 atom stereocenters. The van der Waals surface area contributed by atoms with Crippen LogP contribution in [0.2, 0.25) is 0 Å². The van der Waals surface area contributed by atoms with Gasteiger partial charge in [-0.2, -0.15) is 5.26 Å². The third-order valence-corrected chi connectivity index (χ3v) is 3.02. The van der Waals surface area contributed by atoms with Crippen LogP contribution >= 0.6 is 0 Å². The zero-order chi connectivity index (χ0) is 15.2. The largest absolute Gasteiger partial charge is 0.494 e. The number of aromatic nitrogens is 3. The molecule has 110 valence electrons. The Morgan fingerprint density at radius 3 is 2.90 bits per heavy atom. The zero-order valence-corrected chi connectivity index (χ0v) is 12.5. The van der Waals surface area contributed by atoms with Gasteiger partial charge in [-0.1, -0.05) is 19.1 Å². The molecule has 0 amide bonds. The lowest BCUT2D eigenvalue weighted by Crippen LogP contribution is -2.21. The minimum Gasteiger partial charge on any atom is -0.494 e. The first-order valence-corrected chi connectivity index (χ1v) is 6.84. The summed E-state index contributed by atoms with van der Waals surface area (Å²) in [5.41, 5.74) is 2.27. The van der Waals surface area contributed by atoms with Gasteiger partial charge in [0.25, 0.3) is 0 Å². The van der Waals surface area contributed by atoms with Gasteiger partial charge in [-0.05, 0) is 24.6 Å². The van der Waals surface area contributed by atoms with Crippen molar-refractivity contribution in [1.29, 1.82) is 5.26 Å². The first-order valence-electron chi connectivity index (χ1n) is 6.84. The van der Waals surface area contributed by atoms with Crippen molar-refractivity contribution in [2.75, 3.05) is 13.7 Å². The Hall–Kier alpha value is -2.39. The lowest BCUT2D eigenvalue weighted by atomic mass is 10.2. The molecule has 1 aromatic carbocycles. The number of rotatable bonds is 6. The molecule has 0 spiro atoms. The van der Waals surface area contributed by atoms with E-state index in [9.17, 15) is 0 Å². The lowest BCUT2D eigenvalue weighted by Gasteiger charge is -2.12. The van der Waals surface area contributed by atoms with E-state index in [1.54, 1.807) is 30.1 Å². The summed E-state index contributed by atoms with van der Waals surface area (Å²) in [5, 5.41) is 20.4. The molecule has 0 radical (unpaired) electrons. The molecule has 0 saturated carbocycles. The molecule has 0 saturated heterocycles. The van der Waals surface area contributed by atoms with E-state index in [0.29, 0.717) is 23.8 Å². The molecule has 0 unspecified atom stereocenters. The Bertz CT molecular complexity index is 642. The normalized spacial score (nSPS) is 10.6. The molecule has 6 nitrogen and oxygen atoms in total. The number of nitrogens with zero attached hydrogens (tertiary/aromatic N) is 4. The van der Waals surface area contributed by atoms with Crippen molar-refractivity contribution >= 4 is 0 Å². The first kappa shape index (κ1) is 15.0. The summed E-state index contributed by atoms with van der Waals surface area (Å²) >= 11 is 0. The molecule has 0 bridgehead atoms. The SMILES string of the molecule is COc1cc(C#N)ccc1-n1nncc1CNCC(C)C. The summed E-state index contributed by atoms with van der Waals surface area (Å²) in [6, 6.07) is 7.35. The van der Waals surface area contributed by atoms with E-state index in [2.05, 4.69) is 35.5 Å². The molecule has 21 heavy (non-hydrogen) atoms. The maximum Gasteiger partial charge on any atom is 0.145 e. The molecular weight excluding hydrogens is 266 g/mol. The van der Waals surface area contributed by atoms with E-state index in [1.165, 1.54) is 0 Å². The highest BCUT2D eigenvalue weighted by Gasteiger charge is 2.12. The number of ether oxygens (including phenoxy) is 1. The summed E-state index contributed by atoms with van der Waals surface area (Å²) in [6.07, 6.45) is 1.73. The molecule has 0 aliphatic carbocycles. The van der Waals surface area contributed by atoms with Crippen molar-refractivity contribution < 1.29 is 4.74 Å². The predicted octanol–water partition coefficient (Wildman–Crippen LogP) is 1.89. The fraction of sp³-hybridized carbons (Fsp3) is 0.400. The molecule has 1 heterocycles. The highest BCUT2D eigenvalue weighted by atomic mass is 16.5. The molecule has 2 rings (SSSR count). The Balaban J connectivity index is 2.27. The summed E-state index contributed by atoms with van der Waals surface area (Å²) in [4.78, 5) is 0. The highest BCUT2D eigenvalue weighted by molar-refractivity contribution is 5.51. The van der Waals surface area contributed by atoms with Crippen LogP contribution in [-0.2, 0) is 6.54 Å². The molecule has 1 N–H and O–H groups in total.